The zero-order valence-electron chi connectivity index (χ0n) is 8.59. The molecule has 0 aliphatic carbocycles. The molecule has 1 aromatic carbocycles. The third kappa shape index (κ3) is 3.61. The average Bonchev–Trinajstić information content (AvgIpc) is 2.16. The summed E-state index contributed by atoms with van der Waals surface area (Å²) in [5.74, 6) is 0.850. The SMILES string of the molecule is CCOc1cc(Br)cc(C(Br)C(C)=O)c1. The van der Waals surface area contributed by atoms with Crippen molar-refractivity contribution in [1.82, 2.24) is 0 Å². The Balaban J connectivity index is 3.02. The quantitative estimate of drug-likeness (QED) is 0.781. The second-order valence-corrected chi connectivity index (χ2v) is 4.96. The summed E-state index contributed by atoms with van der Waals surface area (Å²) in [6, 6.07) is 5.66. The number of carbonyl (C=O) groups excluding carboxylic acids is 1. The molecule has 0 heterocycles. The van der Waals surface area contributed by atoms with E-state index >= 15 is 0 Å². The summed E-state index contributed by atoms with van der Waals surface area (Å²) in [5.41, 5.74) is 0.903. The van der Waals surface area contributed by atoms with Crippen molar-refractivity contribution in [2.45, 2.75) is 18.7 Å². The maximum absolute atomic E-state index is 11.2. The van der Waals surface area contributed by atoms with Gasteiger partial charge in [0.05, 0.1) is 11.4 Å². The van der Waals surface area contributed by atoms with Crippen LogP contribution in [0.4, 0.5) is 0 Å². The summed E-state index contributed by atoms with van der Waals surface area (Å²) in [6.07, 6.45) is 0. The number of alkyl halides is 1. The third-order valence-electron chi connectivity index (χ3n) is 1.85. The van der Waals surface area contributed by atoms with Crippen LogP contribution < -0.4 is 4.74 Å². The van der Waals surface area contributed by atoms with E-state index < -0.39 is 0 Å². The molecule has 0 fully saturated rings. The Hall–Kier alpha value is -0.350. The van der Waals surface area contributed by atoms with E-state index in [4.69, 9.17) is 4.74 Å². The van der Waals surface area contributed by atoms with Gasteiger partial charge >= 0.3 is 0 Å². The molecule has 82 valence electrons. The fraction of sp³-hybridized carbons (Fsp3) is 0.364. The van der Waals surface area contributed by atoms with Crippen LogP contribution in [0.1, 0.15) is 24.2 Å². The molecule has 1 rings (SSSR count). The molecule has 0 spiro atoms. The normalized spacial score (nSPS) is 12.3. The first-order valence-corrected chi connectivity index (χ1v) is 6.33. The predicted molar refractivity (Wildman–Crippen MR) is 67.7 cm³/mol. The molecule has 0 aliphatic rings. The van der Waals surface area contributed by atoms with Gasteiger partial charge < -0.3 is 4.74 Å². The minimum atomic E-state index is -0.269. The van der Waals surface area contributed by atoms with Gasteiger partial charge in [0.1, 0.15) is 11.5 Å². The van der Waals surface area contributed by atoms with Gasteiger partial charge in [-0.2, -0.15) is 0 Å². The van der Waals surface area contributed by atoms with E-state index in [1.54, 1.807) is 6.92 Å². The average molecular weight is 336 g/mol. The monoisotopic (exact) mass is 334 g/mol. The molecule has 1 atom stereocenters. The van der Waals surface area contributed by atoms with E-state index in [9.17, 15) is 4.79 Å². The molecule has 1 aromatic rings. The van der Waals surface area contributed by atoms with Crippen LogP contribution in [0.5, 0.6) is 5.75 Å². The van der Waals surface area contributed by atoms with Gasteiger partial charge in [-0.15, -0.1) is 0 Å². The van der Waals surface area contributed by atoms with E-state index in [1.807, 2.05) is 25.1 Å². The molecule has 1 unspecified atom stereocenters. The lowest BCUT2D eigenvalue weighted by Gasteiger charge is -2.10. The number of hydrogen-bond donors (Lipinski definition) is 0. The number of ketones is 1. The first kappa shape index (κ1) is 12.7. The van der Waals surface area contributed by atoms with E-state index in [0.29, 0.717) is 6.61 Å². The van der Waals surface area contributed by atoms with Gasteiger partial charge in [0, 0.05) is 4.47 Å². The Morgan fingerprint density at radius 1 is 1.47 bits per heavy atom. The van der Waals surface area contributed by atoms with Gasteiger partial charge in [0.2, 0.25) is 0 Å². The van der Waals surface area contributed by atoms with Crippen molar-refractivity contribution >= 4 is 37.6 Å². The van der Waals surface area contributed by atoms with Crippen LogP contribution >= 0.6 is 31.9 Å². The summed E-state index contributed by atoms with van der Waals surface area (Å²) < 4.78 is 6.31. The molecule has 0 aliphatic heterocycles. The van der Waals surface area contributed by atoms with Crippen LogP contribution in [-0.4, -0.2) is 12.4 Å². The molecule has 0 amide bonds. The number of carbonyl (C=O) groups is 1. The lowest BCUT2D eigenvalue weighted by Crippen LogP contribution is -2.02. The van der Waals surface area contributed by atoms with Gasteiger partial charge in [-0.25, -0.2) is 0 Å². The van der Waals surface area contributed by atoms with E-state index in [1.165, 1.54) is 0 Å². The van der Waals surface area contributed by atoms with Crippen molar-refractivity contribution in [2.75, 3.05) is 6.61 Å². The van der Waals surface area contributed by atoms with Gasteiger partial charge in [0.15, 0.2) is 0 Å². The van der Waals surface area contributed by atoms with Gasteiger partial charge in [-0.3, -0.25) is 4.79 Å². The molecule has 4 heteroatoms. The topological polar surface area (TPSA) is 26.3 Å². The largest absolute Gasteiger partial charge is 0.494 e. The number of benzene rings is 1. The summed E-state index contributed by atoms with van der Waals surface area (Å²) in [6.45, 7) is 4.10. The van der Waals surface area contributed by atoms with Gasteiger partial charge in [-0.1, -0.05) is 31.9 Å². The Bertz CT molecular complexity index is 364. The standard InChI is InChI=1S/C11H12Br2O2/c1-3-15-10-5-8(4-9(12)6-10)11(13)7(2)14/h4-6,11H,3H2,1-2H3. The molecule has 0 saturated heterocycles. The van der Waals surface area contributed by atoms with Crippen LogP contribution in [0.25, 0.3) is 0 Å². The van der Waals surface area contributed by atoms with E-state index in [-0.39, 0.29) is 10.6 Å². The van der Waals surface area contributed by atoms with Crippen molar-refractivity contribution in [3.63, 3.8) is 0 Å². The minimum absolute atomic E-state index is 0.0792. The maximum atomic E-state index is 11.2. The number of rotatable bonds is 4. The Morgan fingerprint density at radius 3 is 2.67 bits per heavy atom. The number of ether oxygens (including phenoxy) is 1. The summed E-state index contributed by atoms with van der Waals surface area (Å²) in [7, 11) is 0. The second-order valence-electron chi connectivity index (χ2n) is 3.13. The zero-order chi connectivity index (χ0) is 11.4. The molecular formula is C11H12Br2O2. The zero-order valence-corrected chi connectivity index (χ0v) is 11.8. The smallest absolute Gasteiger partial charge is 0.147 e. The molecular weight excluding hydrogens is 324 g/mol. The van der Waals surface area contributed by atoms with Crippen LogP contribution in [0.15, 0.2) is 22.7 Å². The van der Waals surface area contributed by atoms with Crippen LogP contribution in [0.2, 0.25) is 0 Å². The predicted octanol–water partition coefficient (Wildman–Crippen LogP) is 3.87. The number of halogens is 2. The third-order valence-corrected chi connectivity index (χ3v) is 3.49. The van der Waals surface area contributed by atoms with Crippen LogP contribution in [-0.2, 0) is 4.79 Å². The molecule has 0 aromatic heterocycles. The maximum Gasteiger partial charge on any atom is 0.147 e. The van der Waals surface area contributed by atoms with Crippen molar-refractivity contribution in [3.8, 4) is 5.75 Å². The lowest BCUT2D eigenvalue weighted by atomic mass is 10.1. The van der Waals surface area contributed by atoms with Crippen LogP contribution in [0, 0.1) is 0 Å². The highest BCUT2D eigenvalue weighted by atomic mass is 79.9. The minimum Gasteiger partial charge on any atom is -0.494 e. The first-order valence-electron chi connectivity index (χ1n) is 4.62. The van der Waals surface area contributed by atoms with Crippen molar-refractivity contribution in [1.29, 1.82) is 0 Å². The molecule has 0 saturated carbocycles. The molecule has 2 nitrogen and oxygen atoms in total. The molecule has 0 bridgehead atoms. The summed E-state index contributed by atoms with van der Waals surface area (Å²) in [5, 5.41) is 0. The highest BCUT2D eigenvalue weighted by Gasteiger charge is 2.14. The second kappa shape index (κ2) is 5.66. The number of Topliss-reactive ketones (excluding diaryl/α,β-unsaturated/α-hetero) is 1. The van der Waals surface area contributed by atoms with Gasteiger partial charge in [-0.05, 0) is 37.6 Å². The first-order chi connectivity index (χ1) is 7.04. The fourth-order valence-electron chi connectivity index (χ4n) is 1.22. The Labute approximate surface area is 106 Å². The summed E-state index contributed by atoms with van der Waals surface area (Å²) >= 11 is 6.73. The highest BCUT2D eigenvalue weighted by molar-refractivity contribution is 9.10. The summed E-state index contributed by atoms with van der Waals surface area (Å²) in [4.78, 5) is 11.0. The fourth-order valence-corrected chi connectivity index (χ4v) is 1.97. The number of hydrogen-bond acceptors (Lipinski definition) is 2. The van der Waals surface area contributed by atoms with Crippen molar-refractivity contribution in [3.05, 3.63) is 28.2 Å². The Kier molecular flexibility index (Phi) is 4.80. The van der Waals surface area contributed by atoms with Crippen molar-refractivity contribution in [2.24, 2.45) is 0 Å². The van der Waals surface area contributed by atoms with Crippen LogP contribution in [0.3, 0.4) is 0 Å². The molecule has 15 heavy (non-hydrogen) atoms. The van der Waals surface area contributed by atoms with E-state index in [0.717, 1.165) is 15.8 Å². The lowest BCUT2D eigenvalue weighted by molar-refractivity contribution is -0.116. The Morgan fingerprint density at radius 2 is 2.13 bits per heavy atom. The molecule has 0 N–H and O–H groups in total. The molecule has 0 radical (unpaired) electrons. The van der Waals surface area contributed by atoms with Crippen molar-refractivity contribution < 1.29 is 9.53 Å². The highest BCUT2D eigenvalue weighted by Crippen LogP contribution is 2.30. The van der Waals surface area contributed by atoms with E-state index in [2.05, 4.69) is 31.9 Å². The van der Waals surface area contributed by atoms with Gasteiger partial charge in [0.25, 0.3) is 0 Å².